The number of nitrogens with zero attached hydrogens (tertiary/aromatic N) is 2. The molecule has 2 unspecified atom stereocenters. The third-order valence-corrected chi connectivity index (χ3v) is 4.31. The monoisotopic (exact) mass is 259 g/mol. The van der Waals surface area contributed by atoms with Gasteiger partial charge in [-0.15, -0.1) is 0 Å². The molecule has 0 spiro atoms. The molecule has 6 heteroatoms. The van der Waals surface area contributed by atoms with Gasteiger partial charge in [0.2, 0.25) is 5.91 Å². The molecule has 2 atom stereocenters. The van der Waals surface area contributed by atoms with Gasteiger partial charge < -0.3 is 15.8 Å². The number of amidine groups is 1. The van der Waals surface area contributed by atoms with Crippen molar-refractivity contribution in [3.8, 4) is 0 Å². The molecule has 1 aliphatic rings. The molecule has 0 aromatic heterocycles. The van der Waals surface area contributed by atoms with Crippen LogP contribution >= 0.6 is 11.8 Å². The van der Waals surface area contributed by atoms with Crippen molar-refractivity contribution in [2.45, 2.75) is 26.3 Å². The van der Waals surface area contributed by atoms with E-state index in [2.05, 4.69) is 5.16 Å². The van der Waals surface area contributed by atoms with E-state index in [1.54, 1.807) is 11.9 Å². The molecular formula is C11H21N3O2S. The molecule has 1 aliphatic heterocycles. The molecule has 0 saturated carbocycles. The van der Waals surface area contributed by atoms with E-state index in [1.165, 1.54) is 0 Å². The minimum absolute atomic E-state index is 0.00231. The van der Waals surface area contributed by atoms with Crippen LogP contribution in [-0.4, -0.2) is 46.4 Å². The number of carbonyl (C=O) groups is 1. The van der Waals surface area contributed by atoms with E-state index in [0.717, 1.165) is 17.9 Å². The highest BCUT2D eigenvalue weighted by molar-refractivity contribution is 7.99. The Morgan fingerprint density at radius 2 is 2.24 bits per heavy atom. The molecule has 0 aliphatic carbocycles. The Labute approximate surface area is 106 Å². The molecule has 1 heterocycles. The van der Waals surface area contributed by atoms with Gasteiger partial charge in [0.05, 0.1) is 0 Å². The van der Waals surface area contributed by atoms with E-state index in [9.17, 15) is 4.79 Å². The van der Waals surface area contributed by atoms with Crippen molar-refractivity contribution >= 4 is 23.5 Å². The SMILES string of the molecule is CC(C)C(C(=O)N(C)C1CCSC1)/C(N)=N\O. The minimum Gasteiger partial charge on any atom is -0.409 e. The van der Waals surface area contributed by atoms with E-state index in [-0.39, 0.29) is 23.7 Å². The van der Waals surface area contributed by atoms with Crippen molar-refractivity contribution in [1.82, 2.24) is 4.90 Å². The Balaban J connectivity index is 2.76. The molecule has 0 aromatic carbocycles. The van der Waals surface area contributed by atoms with Crippen LogP contribution in [0.5, 0.6) is 0 Å². The number of amides is 1. The van der Waals surface area contributed by atoms with Gasteiger partial charge in [0.25, 0.3) is 0 Å². The molecule has 0 radical (unpaired) electrons. The molecule has 98 valence electrons. The highest BCUT2D eigenvalue weighted by Crippen LogP contribution is 2.24. The fraction of sp³-hybridized carbons (Fsp3) is 0.818. The molecule has 1 fully saturated rings. The van der Waals surface area contributed by atoms with E-state index in [0.29, 0.717) is 0 Å². The van der Waals surface area contributed by atoms with Crippen molar-refractivity contribution in [3.05, 3.63) is 0 Å². The minimum atomic E-state index is -0.532. The summed E-state index contributed by atoms with van der Waals surface area (Å²) in [6.07, 6.45) is 1.02. The average molecular weight is 259 g/mol. The first-order chi connectivity index (χ1) is 7.99. The van der Waals surface area contributed by atoms with Gasteiger partial charge in [-0.2, -0.15) is 11.8 Å². The van der Waals surface area contributed by atoms with Crippen LogP contribution < -0.4 is 5.73 Å². The topological polar surface area (TPSA) is 78.9 Å². The van der Waals surface area contributed by atoms with Crippen LogP contribution in [0.3, 0.4) is 0 Å². The first-order valence-corrected chi connectivity index (χ1v) is 6.96. The summed E-state index contributed by atoms with van der Waals surface area (Å²) in [6, 6.07) is 0.278. The number of hydrogen-bond donors (Lipinski definition) is 2. The van der Waals surface area contributed by atoms with Gasteiger partial charge in [-0.3, -0.25) is 4.79 Å². The lowest BCUT2D eigenvalue weighted by atomic mass is 9.93. The normalized spacial score (nSPS) is 22.8. The second kappa shape index (κ2) is 6.14. The molecule has 0 bridgehead atoms. The number of oxime groups is 1. The quantitative estimate of drug-likeness (QED) is 0.341. The van der Waals surface area contributed by atoms with Gasteiger partial charge in [-0.05, 0) is 18.1 Å². The Hall–Kier alpha value is -0.910. The van der Waals surface area contributed by atoms with E-state index in [4.69, 9.17) is 10.9 Å². The summed E-state index contributed by atoms with van der Waals surface area (Å²) in [4.78, 5) is 14.1. The lowest BCUT2D eigenvalue weighted by Crippen LogP contribution is -2.46. The maximum atomic E-state index is 12.3. The van der Waals surface area contributed by atoms with E-state index < -0.39 is 5.92 Å². The Kier molecular flexibility index (Phi) is 5.11. The first kappa shape index (κ1) is 14.2. The number of thioether (sulfide) groups is 1. The summed E-state index contributed by atoms with van der Waals surface area (Å²) in [5.74, 6) is 1.51. The van der Waals surface area contributed by atoms with Crippen molar-refractivity contribution in [1.29, 1.82) is 0 Å². The summed E-state index contributed by atoms with van der Waals surface area (Å²) in [6.45, 7) is 3.80. The maximum absolute atomic E-state index is 12.3. The predicted molar refractivity (Wildman–Crippen MR) is 70.2 cm³/mol. The fourth-order valence-electron chi connectivity index (χ4n) is 2.04. The standard InChI is InChI=1S/C11H21N3O2S/c1-7(2)9(10(12)13-16)11(15)14(3)8-4-5-17-6-8/h7-9,16H,4-6H2,1-3H3,(H2,12,13). The van der Waals surface area contributed by atoms with Crippen LogP contribution in [0.25, 0.3) is 0 Å². The molecule has 1 saturated heterocycles. The van der Waals surface area contributed by atoms with E-state index in [1.807, 2.05) is 25.6 Å². The smallest absolute Gasteiger partial charge is 0.233 e. The van der Waals surface area contributed by atoms with Crippen LogP contribution in [-0.2, 0) is 4.79 Å². The van der Waals surface area contributed by atoms with Gasteiger partial charge in [-0.25, -0.2) is 0 Å². The van der Waals surface area contributed by atoms with Crippen LogP contribution in [0.15, 0.2) is 5.16 Å². The number of hydrogen-bond acceptors (Lipinski definition) is 4. The predicted octanol–water partition coefficient (Wildman–Crippen LogP) is 0.969. The summed E-state index contributed by atoms with van der Waals surface area (Å²) >= 11 is 1.86. The van der Waals surface area contributed by atoms with Crippen molar-refractivity contribution < 1.29 is 10.0 Å². The zero-order chi connectivity index (χ0) is 13.0. The van der Waals surface area contributed by atoms with Gasteiger partial charge in [0, 0.05) is 18.8 Å². The van der Waals surface area contributed by atoms with Crippen LogP contribution in [0.4, 0.5) is 0 Å². The van der Waals surface area contributed by atoms with Crippen molar-refractivity contribution in [2.24, 2.45) is 22.7 Å². The first-order valence-electron chi connectivity index (χ1n) is 5.80. The van der Waals surface area contributed by atoms with Crippen molar-refractivity contribution in [3.63, 3.8) is 0 Å². The number of rotatable bonds is 4. The second-order valence-corrected chi connectivity index (χ2v) is 5.86. The summed E-state index contributed by atoms with van der Waals surface area (Å²) in [7, 11) is 1.80. The van der Waals surface area contributed by atoms with Gasteiger partial charge in [0.15, 0.2) is 5.84 Å². The maximum Gasteiger partial charge on any atom is 0.233 e. The van der Waals surface area contributed by atoms with Crippen LogP contribution in [0.1, 0.15) is 20.3 Å². The summed E-state index contributed by atoms with van der Waals surface area (Å²) in [5.41, 5.74) is 5.60. The zero-order valence-electron chi connectivity index (χ0n) is 10.6. The number of carbonyl (C=O) groups excluding carboxylic acids is 1. The largest absolute Gasteiger partial charge is 0.409 e. The summed E-state index contributed by atoms with van der Waals surface area (Å²) < 4.78 is 0. The third-order valence-electron chi connectivity index (χ3n) is 3.17. The van der Waals surface area contributed by atoms with Crippen LogP contribution in [0.2, 0.25) is 0 Å². The average Bonchev–Trinajstić information content (AvgIpc) is 2.80. The van der Waals surface area contributed by atoms with Crippen molar-refractivity contribution in [2.75, 3.05) is 18.6 Å². The molecule has 1 amide bonds. The third kappa shape index (κ3) is 3.28. The number of nitrogens with two attached hydrogens (primary N) is 1. The molecular weight excluding hydrogens is 238 g/mol. The zero-order valence-corrected chi connectivity index (χ0v) is 11.4. The lowest BCUT2D eigenvalue weighted by molar-refractivity contribution is -0.134. The molecule has 17 heavy (non-hydrogen) atoms. The molecule has 3 N–H and O–H groups in total. The Morgan fingerprint density at radius 3 is 2.65 bits per heavy atom. The highest BCUT2D eigenvalue weighted by Gasteiger charge is 2.33. The van der Waals surface area contributed by atoms with E-state index >= 15 is 0 Å². The molecule has 5 nitrogen and oxygen atoms in total. The second-order valence-electron chi connectivity index (χ2n) is 4.71. The fourth-order valence-corrected chi connectivity index (χ4v) is 3.31. The highest BCUT2D eigenvalue weighted by atomic mass is 32.2. The Bertz CT molecular complexity index is 301. The molecule has 0 aromatic rings. The Morgan fingerprint density at radius 1 is 1.59 bits per heavy atom. The van der Waals surface area contributed by atoms with Gasteiger partial charge in [-0.1, -0.05) is 19.0 Å². The van der Waals surface area contributed by atoms with Gasteiger partial charge in [0.1, 0.15) is 5.92 Å². The summed E-state index contributed by atoms with van der Waals surface area (Å²) in [5, 5.41) is 11.7. The molecule has 1 rings (SSSR count). The lowest BCUT2D eigenvalue weighted by Gasteiger charge is -2.29. The van der Waals surface area contributed by atoms with Gasteiger partial charge >= 0.3 is 0 Å². The van der Waals surface area contributed by atoms with Crippen LogP contribution in [0, 0.1) is 11.8 Å².